The van der Waals surface area contributed by atoms with Crippen LogP contribution in [-0.4, -0.2) is 24.3 Å². The number of carbonyl (C=O) groups excluding carboxylic acids is 1. The van der Waals surface area contributed by atoms with Gasteiger partial charge >= 0.3 is 5.97 Å². The second-order valence-corrected chi connectivity index (χ2v) is 11.2. The maximum atomic E-state index is 13.4. The highest BCUT2D eigenvalue weighted by Gasteiger charge is 2.30. The predicted molar refractivity (Wildman–Crippen MR) is 151 cm³/mol. The zero-order chi connectivity index (χ0) is 26.2. The molecule has 7 heteroatoms. The van der Waals surface area contributed by atoms with E-state index in [0.717, 1.165) is 54.6 Å². The average molecular weight is 529 g/mol. The molecule has 2 aliphatic rings. The van der Waals surface area contributed by atoms with Crippen LogP contribution < -0.4 is 15.5 Å². The summed E-state index contributed by atoms with van der Waals surface area (Å²) in [5.74, 6) is 0.117. The zero-order valence-electron chi connectivity index (χ0n) is 21.8. The van der Waals surface area contributed by atoms with Crippen LogP contribution in [0.5, 0.6) is 5.75 Å². The van der Waals surface area contributed by atoms with Crippen LogP contribution in [0.2, 0.25) is 0 Å². The van der Waals surface area contributed by atoms with Crippen LogP contribution in [-0.2, 0) is 17.7 Å². The first-order chi connectivity index (χ1) is 18.6. The van der Waals surface area contributed by atoms with Gasteiger partial charge in [0.2, 0.25) is 5.43 Å². The second kappa shape index (κ2) is 10.4. The number of aromatic nitrogens is 1. The summed E-state index contributed by atoms with van der Waals surface area (Å²) in [4.78, 5) is 28.5. The molecule has 196 valence electrons. The molecule has 1 N–H and O–H groups in total. The van der Waals surface area contributed by atoms with Crippen LogP contribution in [0.3, 0.4) is 0 Å². The van der Waals surface area contributed by atoms with Crippen molar-refractivity contribution < 1.29 is 14.3 Å². The molecule has 2 heterocycles. The lowest BCUT2D eigenvalue weighted by molar-refractivity contribution is 0.0524. The van der Waals surface area contributed by atoms with Crippen LogP contribution in [0.25, 0.3) is 21.3 Å². The Hall–Kier alpha value is -3.42. The van der Waals surface area contributed by atoms with Crippen molar-refractivity contribution >= 4 is 28.2 Å². The molecule has 2 aromatic heterocycles. The predicted octanol–water partition coefficient (Wildman–Crippen LogP) is 6.42. The number of ether oxygens (including phenoxy) is 2. The number of hydrogen-bond acceptors (Lipinski definition) is 6. The number of rotatable bonds is 8. The van der Waals surface area contributed by atoms with Gasteiger partial charge in [0.25, 0.3) is 0 Å². The minimum atomic E-state index is -0.572. The second-order valence-electron chi connectivity index (χ2n) is 10.1. The first-order valence-electron chi connectivity index (χ1n) is 13.4. The molecule has 1 atom stereocenters. The van der Waals surface area contributed by atoms with E-state index in [-0.39, 0.29) is 23.6 Å². The van der Waals surface area contributed by atoms with Crippen molar-refractivity contribution in [3.63, 3.8) is 0 Å². The van der Waals surface area contributed by atoms with E-state index in [0.29, 0.717) is 17.2 Å². The number of methoxy groups -OCH3 is 1. The zero-order valence-corrected chi connectivity index (χ0v) is 22.6. The van der Waals surface area contributed by atoms with E-state index in [2.05, 4.69) is 40.2 Å². The van der Waals surface area contributed by atoms with Crippen LogP contribution in [0.1, 0.15) is 71.1 Å². The van der Waals surface area contributed by atoms with E-state index < -0.39 is 5.97 Å². The van der Waals surface area contributed by atoms with E-state index in [1.807, 2.05) is 29.5 Å². The molecule has 0 bridgehead atoms. The van der Waals surface area contributed by atoms with Gasteiger partial charge in [0.1, 0.15) is 5.56 Å². The summed E-state index contributed by atoms with van der Waals surface area (Å²) >= 11 is 1.82. The van der Waals surface area contributed by atoms with Gasteiger partial charge in [-0.05, 0) is 68.4 Å². The first kappa shape index (κ1) is 24.9. The van der Waals surface area contributed by atoms with Crippen molar-refractivity contribution in [2.24, 2.45) is 0 Å². The lowest BCUT2D eigenvalue weighted by Gasteiger charge is -2.23. The Kier molecular flexibility index (Phi) is 6.80. The van der Waals surface area contributed by atoms with Gasteiger partial charge in [-0.3, -0.25) is 4.79 Å². The van der Waals surface area contributed by atoms with Gasteiger partial charge in [-0.15, -0.1) is 11.3 Å². The topological polar surface area (TPSA) is 69.6 Å². The Bertz CT molecular complexity index is 1550. The monoisotopic (exact) mass is 528 g/mol. The van der Waals surface area contributed by atoms with E-state index in [1.54, 1.807) is 20.2 Å². The van der Waals surface area contributed by atoms with Crippen LogP contribution in [0.4, 0.5) is 0 Å². The summed E-state index contributed by atoms with van der Waals surface area (Å²) in [5.41, 5.74) is 4.17. The summed E-state index contributed by atoms with van der Waals surface area (Å²) in [6.45, 7) is 2.81. The molecule has 1 unspecified atom stereocenters. The standard InChI is InChI=1S/C31H32N2O4S/c1-3-37-31(35)24-18-33(20-12-13-20)28-22(29(24)34)15-14-21(30(28)36-2)27-16-23-25(10-7-11-26(23)38-27)32-17-19-8-5-4-6-9-19/h4-6,8-9,14-16,18,20,25,32H,3,7,10-13,17H2,1-2H3. The number of benzene rings is 2. The van der Waals surface area contributed by atoms with Crippen molar-refractivity contribution in [2.75, 3.05) is 13.7 Å². The SMILES string of the molecule is CCOC(=O)c1cn(C2CC2)c2c(OC)c(-c3cc4c(s3)CCCC4NCc3ccccc3)ccc2c1=O. The number of pyridine rings is 1. The third-order valence-electron chi connectivity index (χ3n) is 7.56. The lowest BCUT2D eigenvalue weighted by atomic mass is 9.93. The van der Waals surface area contributed by atoms with Crippen molar-refractivity contribution in [1.29, 1.82) is 0 Å². The Morgan fingerprint density at radius 2 is 1.95 bits per heavy atom. The smallest absolute Gasteiger partial charge is 0.343 e. The fourth-order valence-corrected chi connectivity index (χ4v) is 6.84. The number of fused-ring (bicyclic) bond motifs is 2. The molecule has 2 aliphatic carbocycles. The number of nitrogens with zero attached hydrogens (tertiary/aromatic N) is 1. The minimum Gasteiger partial charge on any atom is -0.494 e. The van der Waals surface area contributed by atoms with Crippen molar-refractivity contribution in [2.45, 2.75) is 57.7 Å². The highest BCUT2D eigenvalue weighted by atomic mass is 32.1. The Morgan fingerprint density at radius 3 is 2.68 bits per heavy atom. The van der Waals surface area contributed by atoms with Gasteiger partial charge < -0.3 is 19.4 Å². The number of carbonyl (C=O) groups is 1. The molecule has 0 amide bonds. The average Bonchev–Trinajstić information content (AvgIpc) is 3.69. The quantitative estimate of drug-likeness (QED) is 0.267. The molecular weight excluding hydrogens is 496 g/mol. The van der Waals surface area contributed by atoms with Gasteiger partial charge in [-0.25, -0.2) is 4.79 Å². The number of nitrogens with one attached hydrogen (secondary N) is 1. The highest BCUT2D eigenvalue weighted by molar-refractivity contribution is 7.15. The summed E-state index contributed by atoms with van der Waals surface area (Å²) in [6.07, 6.45) is 7.05. The van der Waals surface area contributed by atoms with E-state index in [9.17, 15) is 9.59 Å². The molecule has 2 aromatic carbocycles. The van der Waals surface area contributed by atoms with E-state index >= 15 is 0 Å². The van der Waals surface area contributed by atoms with Gasteiger partial charge in [0, 0.05) is 40.1 Å². The Morgan fingerprint density at radius 1 is 1.13 bits per heavy atom. The summed E-state index contributed by atoms with van der Waals surface area (Å²) in [6, 6.07) is 17.2. The molecule has 6 nitrogen and oxygen atoms in total. The van der Waals surface area contributed by atoms with Gasteiger partial charge in [0.05, 0.1) is 24.6 Å². The third-order valence-corrected chi connectivity index (χ3v) is 8.81. The van der Waals surface area contributed by atoms with Gasteiger partial charge in [0.15, 0.2) is 5.75 Å². The molecular formula is C31H32N2O4S. The van der Waals surface area contributed by atoms with Crippen LogP contribution >= 0.6 is 11.3 Å². The molecule has 0 aliphatic heterocycles. The summed E-state index contributed by atoms with van der Waals surface area (Å²) < 4.78 is 13.3. The number of esters is 1. The molecule has 0 radical (unpaired) electrons. The molecule has 4 aromatic rings. The summed E-state index contributed by atoms with van der Waals surface area (Å²) in [5, 5.41) is 4.26. The normalized spacial score (nSPS) is 16.8. The molecule has 1 saturated carbocycles. The molecule has 6 rings (SSSR count). The molecule has 1 fully saturated rings. The van der Waals surface area contributed by atoms with Crippen molar-refractivity contribution in [1.82, 2.24) is 9.88 Å². The molecule has 38 heavy (non-hydrogen) atoms. The van der Waals surface area contributed by atoms with E-state index in [1.165, 1.54) is 16.0 Å². The van der Waals surface area contributed by atoms with Crippen molar-refractivity contribution in [3.8, 4) is 16.2 Å². The molecule has 0 spiro atoms. The van der Waals surface area contributed by atoms with E-state index in [4.69, 9.17) is 9.47 Å². The number of hydrogen-bond donors (Lipinski definition) is 1. The minimum absolute atomic E-state index is 0.0833. The Balaban J connectivity index is 1.42. The first-order valence-corrected chi connectivity index (χ1v) is 14.2. The fourth-order valence-electron chi connectivity index (χ4n) is 5.55. The Labute approximate surface area is 226 Å². The maximum absolute atomic E-state index is 13.4. The lowest BCUT2D eigenvalue weighted by Crippen LogP contribution is -2.23. The largest absolute Gasteiger partial charge is 0.494 e. The van der Waals surface area contributed by atoms with Gasteiger partial charge in [-0.2, -0.15) is 0 Å². The highest BCUT2D eigenvalue weighted by Crippen LogP contribution is 2.46. The van der Waals surface area contributed by atoms with Gasteiger partial charge in [-0.1, -0.05) is 30.3 Å². The van der Waals surface area contributed by atoms with Crippen molar-refractivity contribution in [3.05, 3.63) is 86.5 Å². The number of aryl methyl sites for hydroxylation is 1. The van der Waals surface area contributed by atoms with Crippen LogP contribution in [0, 0.1) is 0 Å². The molecule has 0 saturated heterocycles. The van der Waals surface area contributed by atoms with Crippen LogP contribution in [0.15, 0.2) is 59.5 Å². The number of thiophene rings is 1. The fraction of sp³-hybridized carbons (Fsp3) is 0.355. The maximum Gasteiger partial charge on any atom is 0.343 e. The summed E-state index contributed by atoms with van der Waals surface area (Å²) in [7, 11) is 1.66. The third kappa shape index (κ3) is 4.54.